The van der Waals surface area contributed by atoms with E-state index >= 15 is 0 Å². The van der Waals surface area contributed by atoms with Crippen LogP contribution in [0.25, 0.3) is 0 Å². The fraction of sp³-hybridized carbons (Fsp3) is 0.917. The third-order valence-electron chi connectivity index (χ3n) is 11.7. The molecule has 0 spiro atoms. The minimum Gasteiger partial charge on any atom is -0.477 e. The van der Waals surface area contributed by atoms with Crippen molar-refractivity contribution >= 4 is 17.8 Å². The van der Waals surface area contributed by atoms with Crippen molar-refractivity contribution in [3.05, 3.63) is 0 Å². The van der Waals surface area contributed by atoms with Crippen LogP contribution < -0.4 is 10.6 Å². The highest BCUT2D eigenvalue weighted by atomic mass is 16.8. The zero-order valence-corrected chi connectivity index (χ0v) is 35.0. The monoisotopic (exact) mass is 952 g/mol. The van der Waals surface area contributed by atoms with Crippen molar-refractivity contribution in [1.82, 2.24) is 10.6 Å². The number of hydrogen-bond acceptors (Lipinski definition) is 26. The molecule has 65 heavy (non-hydrogen) atoms. The molecule has 29 heteroatoms. The summed E-state index contributed by atoms with van der Waals surface area (Å²) < 4.78 is 51.7. The summed E-state index contributed by atoms with van der Waals surface area (Å²) in [5.41, 5.74) is 0. The Bertz CT molecular complexity index is 1590. The van der Waals surface area contributed by atoms with Crippen molar-refractivity contribution in [3.63, 3.8) is 0 Å². The van der Waals surface area contributed by atoms with Gasteiger partial charge in [0, 0.05) is 20.3 Å². The van der Waals surface area contributed by atoms with Gasteiger partial charge < -0.3 is 130 Å². The third-order valence-corrected chi connectivity index (χ3v) is 11.7. The van der Waals surface area contributed by atoms with Gasteiger partial charge in [0.1, 0.15) is 104 Å². The zero-order chi connectivity index (χ0) is 48.4. The fourth-order valence-corrected chi connectivity index (χ4v) is 8.29. The van der Waals surface area contributed by atoms with Crippen LogP contribution in [0.15, 0.2) is 0 Å². The summed E-state index contributed by atoms with van der Waals surface area (Å²) >= 11 is 0. The SMILES string of the molecule is CC(=O)N[C@H]1[C@H](O[C@@H]2[C@@H](O)[C@H](O)O[C@H](CO)[C@@H]2O)O[C@H](CO)[C@@H](O[C@@H]2O[C@H](CO)[C@H](O)[C@H](O[C@]3(C(=O)O)C[C@H](O)[C@@H](NC(C)=O)[C@H]([C@H](O)CO)O3)[C@H]2O)[C@@H]1O[C@@H]1O[C@@H](C)[C@@H](O)[C@@H](O)[C@@H]1O. The van der Waals surface area contributed by atoms with E-state index < -0.39 is 204 Å². The van der Waals surface area contributed by atoms with Crippen LogP contribution in [0.5, 0.6) is 0 Å². The van der Waals surface area contributed by atoms with Gasteiger partial charge in [0.05, 0.1) is 44.7 Å². The lowest BCUT2D eigenvalue weighted by atomic mass is 9.89. The highest BCUT2D eigenvalue weighted by Gasteiger charge is 2.61. The number of nitrogens with one attached hydrogen (secondary N) is 2. The van der Waals surface area contributed by atoms with Gasteiger partial charge in [-0.1, -0.05) is 0 Å². The summed E-state index contributed by atoms with van der Waals surface area (Å²) in [6.07, 6.45) is -43.6. The highest BCUT2D eigenvalue weighted by Crippen LogP contribution is 2.39. The lowest BCUT2D eigenvalue weighted by Gasteiger charge is -2.52. The van der Waals surface area contributed by atoms with E-state index in [4.69, 9.17) is 42.6 Å². The molecule has 5 aliphatic heterocycles. The van der Waals surface area contributed by atoms with Crippen LogP contribution in [0, 0.1) is 0 Å². The van der Waals surface area contributed by atoms with Gasteiger partial charge in [0.2, 0.25) is 11.8 Å². The van der Waals surface area contributed by atoms with Crippen molar-refractivity contribution in [2.75, 3.05) is 26.4 Å². The summed E-state index contributed by atoms with van der Waals surface area (Å²) in [6, 6.07) is -3.33. The van der Waals surface area contributed by atoms with Crippen LogP contribution in [0.4, 0.5) is 0 Å². The summed E-state index contributed by atoms with van der Waals surface area (Å²) in [4.78, 5) is 37.7. The van der Waals surface area contributed by atoms with Gasteiger partial charge in [0.25, 0.3) is 5.79 Å². The van der Waals surface area contributed by atoms with Crippen molar-refractivity contribution in [3.8, 4) is 0 Å². The maximum absolute atomic E-state index is 12.9. The Hall–Kier alpha value is -2.51. The second-order valence-electron chi connectivity index (χ2n) is 16.3. The predicted octanol–water partition coefficient (Wildman–Crippen LogP) is -10.8. The number of ether oxygens (including phenoxy) is 9. The quantitative estimate of drug-likeness (QED) is 0.0683. The Kier molecular flexibility index (Phi) is 18.3. The van der Waals surface area contributed by atoms with E-state index in [1.807, 2.05) is 0 Å². The summed E-state index contributed by atoms with van der Waals surface area (Å²) in [5, 5.41) is 164. The van der Waals surface area contributed by atoms with Crippen molar-refractivity contribution in [1.29, 1.82) is 0 Å². The average molecular weight is 953 g/mol. The molecule has 0 aliphatic carbocycles. The molecule has 29 nitrogen and oxygen atoms in total. The van der Waals surface area contributed by atoms with Crippen LogP contribution >= 0.6 is 0 Å². The van der Waals surface area contributed by atoms with Crippen molar-refractivity contribution in [2.24, 2.45) is 0 Å². The first-order valence-electron chi connectivity index (χ1n) is 20.5. The first-order chi connectivity index (χ1) is 30.5. The normalized spacial score (nSPS) is 47.7. The van der Waals surface area contributed by atoms with Gasteiger partial charge in [-0.3, -0.25) is 9.59 Å². The number of aliphatic hydroxyl groups is 14. The molecule has 0 bridgehead atoms. The van der Waals surface area contributed by atoms with E-state index in [1.54, 1.807) is 0 Å². The number of hydrogen-bond donors (Lipinski definition) is 17. The maximum atomic E-state index is 12.9. The Balaban J connectivity index is 1.54. The van der Waals surface area contributed by atoms with Crippen LogP contribution in [0.2, 0.25) is 0 Å². The lowest BCUT2D eigenvalue weighted by molar-refractivity contribution is -0.396. The van der Waals surface area contributed by atoms with Crippen LogP contribution in [-0.4, -0.2) is 274 Å². The number of amides is 2. The van der Waals surface area contributed by atoms with E-state index in [0.29, 0.717) is 0 Å². The Morgan fingerprint density at radius 2 is 1.14 bits per heavy atom. The predicted molar refractivity (Wildman–Crippen MR) is 199 cm³/mol. The van der Waals surface area contributed by atoms with E-state index in [0.717, 1.165) is 13.8 Å². The molecular weight excluding hydrogens is 892 g/mol. The molecule has 5 heterocycles. The fourth-order valence-electron chi connectivity index (χ4n) is 8.29. The molecule has 5 fully saturated rings. The molecule has 376 valence electrons. The molecule has 5 rings (SSSR count). The van der Waals surface area contributed by atoms with Gasteiger partial charge in [-0.05, 0) is 6.92 Å². The summed E-state index contributed by atoms with van der Waals surface area (Å²) in [5.74, 6) is -6.74. The molecule has 0 unspecified atom stereocenters. The number of carboxylic acids is 1. The number of carbonyl (C=O) groups excluding carboxylic acids is 2. The third kappa shape index (κ3) is 11.3. The molecule has 0 aromatic rings. The van der Waals surface area contributed by atoms with Crippen LogP contribution in [-0.2, 0) is 57.0 Å². The van der Waals surface area contributed by atoms with Crippen LogP contribution in [0.1, 0.15) is 27.2 Å². The number of rotatable bonds is 16. The number of aliphatic carboxylic acids is 1. The Morgan fingerprint density at radius 3 is 1.71 bits per heavy atom. The molecule has 2 amide bonds. The molecule has 5 aliphatic rings. The first-order valence-corrected chi connectivity index (χ1v) is 20.5. The van der Waals surface area contributed by atoms with E-state index in [2.05, 4.69) is 10.6 Å². The molecule has 0 aromatic carbocycles. The maximum Gasteiger partial charge on any atom is 0.364 e. The van der Waals surface area contributed by atoms with Crippen molar-refractivity contribution in [2.45, 2.75) is 180 Å². The minimum atomic E-state index is -3.10. The number of carboxylic acid groups (broad SMARTS) is 1. The van der Waals surface area contributed by atoms with Crippen LogP contribution in [0.3, 0.4) is 0 Å². The zero-order valence-electron chi connectivity index (χ0n) is 35.0. The van der Waals surface area contributed by atoms with E-state index in [9.17, 15) is 91.0 Å². The molecule has 0 saturated carbocycles. The second kappa shape index (κ2) is 22.3. The number of carbonyl (C=O) groups is 3. The molecule has 0 radical (unpaired) electrons. The van der Waals surface area contributed by atoms with E-state index in [1.165, 1.54) is 6.92 Å². The first kappa shape index (κ1) is 53.4. The molecule has 5 saturated heterocycles. The average Bonchev–Trinajstić information content (AvgIpc) is 3.25. The Morgan fingerprint density at radius 1 is 0.615 bits per heavy atom. The minimum absolute atomic E-state index is 0.757. The van der Waals surface area contributed by atoms with Gasteiger partial charge in [-0.25, -0.2) is 4.79 Å². The smallest absolute Gasteiger partial charge is 0.364 e. The van der Waals surface area contributed by atoms with Gasteiger partial charge >= 0.3 is 5.97 Å². The largest absolute Gasteiger partial charge is 0.477 e. The highest BCUT2D eigenvalue weighted by molar-refractivity contribution is 5.76. The topological polar surface area (TPSA) is 462 Å². The summed E-state index contributed by atoms with van der Waals surface area (Å²) in [6.45, 7) is -0.856. The summed E-state index contributed by atoms with van der Waals surface area (Å²) in [7, 11) is 0. The lowest BCUT2D eigenvalue weighted by Crippen LogP contribution is -2.72. The van der Waals surface area contributed by atoms with Crippen molar-refractivity contribution < 1.29 is 134 Å². The molecule has 0 aromatic heterocycles. The molecule has 17 N–H and O–H groups in total. The van der Waals surface area contributed by atoms with Gasteiger partial charge in [-0.2, -0.15) is 0 Å². The molecule has 25 atom stereocenters. The van der Waals surface area contributed by atoms with Gasteiger partial charge in [0.15, 0.2) is 25.2 Å². The standard InChI is InChI=1S/C36H60N2O27/c1-9-19(47)22(50)23(51)33(57-9)62-28-18(38-11(3)44)32(63-29-20(48)14(6-40)58-31(54)24(29)52)60-16(8-42)27(28)61-34-25(53)30(21(49)15(7-41)59-34)65-36(35(55)56)4-12(45)17(37-10(2)43)26(64-36)13(46)5-39/h9,12-34,39-42,45-54H,4-8H2,1-3H3,(H,37,43)(H,38,44)(H,55,56)/t9-,12-,13+,14+,15+,16+,17+,18+,19+,20-,21-,22+,23-,24+,25+,26-,27+,28+,29-,30-,31+,32-,33-,34-,36-/m0/s1. The number of aliphatic hydroxyl groups excluding tert-OH is 14. The Labute approximate surface area is 368 Å². The van der Waals surface area contributed by atoms with E-state index in [-0.39, 0.29) is 0 Å². The second-order valence-corrected chi connectivity index (χ2v) is 16.3. The molecular formula is C36H60N2O27. The van der Waals surface area contributed by atoms with Gasteiger partial charge in [-0.15, -0.1) is 0 Å².